The average Bonchev–Trinajstić information content (AvgIpc) is 2.29. The van der Waals surface area contributed by atoms with Crippen LogP contribution in [0.5, 0.6) is 0 Å². The van der Waals surface area contributed by atoms with Crippen LogP contribution in [-0.4, -0.2) is 35.0 Å². The molecule has 0 aromatic heterocycles. The zero-order valence-electron chi connectivity index (χ0n) is 9.00. The molecule has 1 aromatic rings. The smallest absolute Gasteiger partial charge is 0.348 e. The Morgan fingerprint density at radius 1 is 1.24 bits per heavy atom. The molecule has 0 heterocycles. The van der Waals surface area contributed by atoms with Gasteiger partial charge in [-0.25, -0.2) is 9.59 Å². The van der Waals surface area contributed by atoms with Gasteiger partial charge in [0.25, 0.3) is 0 Å². The van der Waals surface area contributed by atoms with Gasteiger partial charge in [-0.15, -0.1) is 0 Å². The molecule has 1 atom stereocenters. The summed E-state index contributed by atoms with van der Waals surface area (Å²) in [6, 6.07) is 9.14. The van der Waals surface area contributed by atoms with Crippen LogP contribution in [0.1, 0.15) is 5.56 Å². The van der Waals surface area contributed by atoms with Crippen molar-refractivity contribution in [2.75, 3.05) is 6.61 Å². The first-order valence-electron chi connectivity index (χ1n) is 4.93. The quantitative estimate of drug-likeness (QED) is 0.592. The van der Waals surface area contributed by atoms with Crippen molar-refractivity contribution < 1.29 is 24.5 Å². The molecule has 0 saturated carbocycles. The summed E-state index contributed by atoms with van der Waals surface area (Å²) in [5.74, 6) is -2.46. The molecule has 6 nitrogen and oxygen atoms in total. The molecule has 92 valence electrons. The van der Waals surface area contributed by atoms with E-state index >= 15 is 0 Å². The van der Waals surface area contributed by atoms with Gasteiger partial charge < -0.3 is 14.9 Å². The van der Waals surface area contributed by atoms with Crippen LogP contribution in [0.2, 0.25) is 0 Å². The minimum atomic E-state index is -1.33. The van der Waals surface area contributed by atoms with Crippen molar-refractivity contribution >= 4 is 11.9 Å². The molecule has 3 N–H and O–H groups in total. The minimum Gasteiger partial charge on any atom is -0.480 e. The Morgan fingerprint density at radius 2 is 1.88 bits per heavy atom. The zero-order chi connectivity index (χ0) is 12.7. The van der Waals surface area contributed by atoms with E-state index in [9.17, 15) is 9.59 Å². The van der Waals surface area contributed by atoms with Crippen LogP contribution in [-0.2, 0) is 20.9 Å². The number of benzene rings is 1. The Balaban J connectivity index is 2.45. The molecular formula is C11H13NO5. The molecule has 0 aliphatic heterocycles. The third kappa shape index (κ3) is 5.10. The minimum absolute atomic E-state index is 0.289. The highest BCUT2D eigenvalue weighted by Gasteiger charge is 2.18. The van der Waals surface area contributed by atoms with Crippen LogP contribution >= 0.6 is 0 Å². The molecule has 0 spiro atoms. The molecule has 0 bridgehead atoms. The molecule has 0 saturated heterocycles. The Hall–Kier alpha value is -1.92. The van der Waals surface area contributed by atoms with Gasteiger partial charge in [-0.05, 0) is 5.56 Å². The van der Waals surface area contributed by atoms with Gasteiger partial charge in [-0.2, -0.15) is 0 Å². The van der Waals surface area contributed by atoms with E-state index in [0.717, 1.165) is 5.56 Å². The number of hydrogen-bond donors (Lipinski definition) is 3. The van der Waals surface area contributed by atoms with E-state index in [2.05, 4.69) is 10.1 Å². The summed E-state index contributed by atoms with van der Waals surface area (Å²) < 4.78 is 4.68. The molecule has 1 rings (SSSR count). The van der Waals surface area contributed by atoms with Crippen molar-refractivity contribution in [1.82, 2.24) is 5.32 Å². The van der Waals surface area contributed by atoms with E-state index in [4.69, 9.17) is 10.2 Å². The standard InChI is InChI=1S/C11H13NO5/c13-9(14)7-17-10(11(15)16)12-6-8-4-2-1-3-5-8/h1-5,10,12H,6-7H2,(H,13,14)(H,15,16). The summed E-state index contributed by atoms with van der Waals surface area (Å²) in [7, 11) is 0. The second-order valence-electron chi connectivity index (χ2n) is 3.29. The first kappa shape index (κ1) is 13.1. The van der Waals surface area contributed by atoms with Crippen molar-refractivity contribution in [3.8, 4) is 0 Å². The van der Waals surface area contributed by atoms with Crippen LogP contribution in [0.25, 0.3) is 0 Å². The van der Waals surface area contributed by atoms with E-state index in [1.165, 1.54) is 0 Å². The fourth-order valence-electron chi connectivity index (χ4n) is 1.18. The van der Waals surface area contributed by atoms with Crippen molar-refractivity contribution in [2.24, 2.45) is 0 Å². The van der Waals surface area contributed by atoms with Crippen LogP contribution in [0.15, 0.2) is 30.3 Å². The summed E-state index contributed by atoms with van der Waals surface area (Å²) in [6.07, 6.45) is -1.33. The highest BCUT2D eigenvalue weighted by molar-refractivity contribution is 5.73. The van der Waals surface area contributed by atoms with Crippen LogP contribution in [0.4, 0.5) is 0 Å². The number of ether oxygens (including phenoxy) is 1. The van der Waals surface area contributed by atoms with Gasteiger partial charge >= 0.3 is 11.9 Å². The van der Waals surface area contributed by atoms with Gasteiger partial charge in [0.2, 0.25) is 6.23 Å². The van der Waals surface area contributed by atoms with E-state index in [0.29, 0.717) is 0 Å². The SMILES string of the molecule is O=C(O)COC(NCc1ccccc1)C(=O)O. The first-order valence-corrected chi connectivity index (χ1v) is 4.93. The summed E-state index contributed by atoms with van der Waals surface area (Å²) in [4.78, 5) is 21.0. The maximum Gasteiger partial charge on any atom is 0.348 e. The average molecular weight is 239 g/mol. The Kier molecular flexibility index (Phi) is 5.12. The lowest BCUT2D eigenvalue weighted by Crippen LogP contribution is -2.39. The predicted octanol–water partition coefficient (Wildman–Crippen LogP) is 0.288. The van der Waals surface area contributed by atoms with Crippen molar-refractivity contribution in [2.45, 2.75) is 12.8 Å². The molecule has 17 heavy (non-hydrogen) atoms. The summed E-state index contributed by atoms with van der Waals surface area (Å²) >= 11 is 0. The number of rotatable bonds is 7. The van der Waals surface area contributed by atoms with Gasteiger partial charge in [0, 0.05) is 6.54 Å². The molecule has 0 amide bonds. The van der Waals surface area contributed by atoms with Gasteiger partial charge in [0.1, 0.15) is 6.61 Å². The number of carbonyl (C=O) groups is 2. The molecule has 6 heteroatoms. The maximum absolute atomic E-state index is 10.8. The van der Waals surface area contributed by atoms with Crippen LogP contribution in [0, 0.1) is 0 Å². The van der Waals surface area contributed by atoms with Gasteiger partial charge in [0.05, 0.1) is 0 Å². The van der Waals surface area contributed by atoms with Crippen LogP contribution in [0.3, 0.4) is 0 Å². The molecule has 1 unspecified atom stereocenters. The Labute approximate surface area is 97.8 Å². The monoisotopic (exact) mass is 239 g/mol. The largest absolute Gasteiger partial charge is 0.480 e. The lowest BCUT2D eigenvalue weighted by atomic mass is 10.2. The van der Waals surface area contributed by atoms with E-state index in [1.54, 1.807) is 0 Å². The zero-order valence-corrected chi connectivity index (χ0v) is 9.00. The van der Waals surface area contributed by atoms with Gasteiger partial charge in [0.15, 0.2) is 0 Å². The van der Waals surface area contributed by atoms with Gasteiger partial charge in [-0.3, -0.25) is 5.32 Å². The Bertz CT molecular complexity index is 379. The van der Waals surface area contributed by atoms with E-state index in [-0.39, 0.29) is 6.54 Å². The third-order valence-electron chi connectivity index (χ3n) is 1.93. The normalized spacial score (nSPS) is 12.0. The third-order valence-corrected chi connectivity index (χ3v) is 1.93. The van der Waals surface area contributed by atoms with Crippen molar-refractivity contribution in [3.63, 3.8) is 0 Å². The molecule has 0 aliphatic rings. The van der Waals surface area contributed by atoms with E-state index < -0.39 is 24.8 Å². The number of carboxylic acid groups (broad SMARTS) is 2. The maximum atomic E-state index is 10.8. The van der Waals surface area contributed by atoms with Crippen molar-refractivity contribution in [1.29, 1.82) is 0 Å². The van der Waals surface area contributed by atoms with E-state index in [1.807, 2.05) is 30.3 Å². The highest BCUT2D eigenvalue weighted by Crippen LogP contribution is 1.99. The first-order chi connectivity index (χ1) is 8.09. The fraction of sp³-hybridized carbons (Fsp3) is 0.273. The number of hydrogen-bond acceptors (Lipinski definition) is 4. The summed E-state index contributed by atoms with van der Waals surface area (Å²) in [5.41, 5.74) is 0.887. The summed E-state index contributed by atoms with van der Waals surface area (Å²) in [5, 5.41) is 19.8. The summed E-state index contributed by atoms with van der Waals surface area (Å²) in [6.45, 7) is -0.365. The van der Waals surface area contributed by atoms with Crippen LogP contribution < -0.4 is 5.32 Å². The Morgan fingerprint density at radius 3 is 2.41 bits per heavy atom. The fourth-order valence-corrected chi connectivity index (χ4v) is 1.18. The molecular weight excluding hydrogens is 226 g/mol. The number of nitrogens with one attached hydrogen (secondary N) is 1. The number of aliphatic carboxylic acids is 2. The lowest BCUT2D eigenvalue weighted by molar-refractivity contribution is -0.158. The molecule has 0 aliphatic carbocycles. The molecule has 0 radical (unpaired) electrons. The van der Waals surface area contributed by atoms with Crippen molar-refractivity contribution in [3.05, 3.63) is 35.9 Å². The second kappa shape index (κ2) is 6.62. The van der Waals surface area contributed by atoms with Gasteiger partial charge in [-0.1, -0.05) is 30.3 Å². The predicted molar refractivity (Wildman–Crippen MR) is 58.3 cm³/mol. The number of carboxylic acids is 2. The second-order valence-corrected chi connectivity index (χ2v) is 3.29. The highest BCUT2D eigenvalue weighted by atomic mass is 16.5. The topological polar surface area (TPSA) is 95.9 Å². The molecule has 1 aromatic carbocycles. The lowest BCUT2D eigenvalue weighted by Gasteiger charge is -2.13. The molecule has 0 fully saturated rings.